The molecule has 0 unspecified atom stereocenters. The zero-order valence-electron chi connectivity index (χ0n) is 13.6. The van der Waals surface area contributed by atoms with Gasteiger partial charge < -0.3 is 10.1 Å². The van der Waals surface area contributed by atoms with E-state index in [4.69, 9.17) is 4.74 Å². The molecule has 0 saturated heterocycles. The highest BCUT2D eigenvalue weighted by Gasteiger charge is 2.16. The Balaban J connectivity index is 3.29. The van der Waals surface area contributed by atoms with Crippen molar-refractivity contribution in [1.82, 2.24) is 5.32 Å². The van der Waals surface area contributed by atoms with E-state index < -0.39 is 21.7 Å². The van der Waals surface area contributed by atoms with Crippen molar-refractivity contribution in [3.63, 3.8) is 0 Å². The van der Waals surface area contributed by atoms with Gasteiger partial charge in [0, 0.05) is 24.4 Å². The van der Waals surface area contributed by atoms with Crippen molar-refractivity contribution in [3.8, 4) is 0 Å². The Kier molecular flexibility index (Phi) is 6.50. The lowest BCUT2D eigenvalue weighted by Crippen LogP contribution is -2.21. The minimum atomic E-state index is -3.41. The van der Waals surface area contributed by atoms with Crippen molar-refractivity contribution < 1.29 is 22.7 Å². The molecule has 126 valence electrons. The van der Waals surface area contributed by atoms with Crippen LogP contribution in [0.3, 0.4) is 0 Å². The number of hydrogen-bond acceptors (Lipinski definition) is 5. The number of likely N-dealkylation sites (N-methyl/N-ethyl adjacent to an activating group) is 1. The van der Waals surface area contributed by atoms with Crippen molar-refractivity contribution in [2.75, 3.05) is 12.8 Å². The normalized spacial score (nSPS) is 12.1. The van der Waals surface area contributed by atoms with Gasteiger partial charge >= 0.3 is 5.97 Å². The second-order valence-electron chi connectivity index (χ2n) is 5.28. The summed E-state index contributed by atoms with van der Waals surface area (Å²) in [5.74, 6) is -1.31. The first-order valence-electron chi connectivity index (χ1n) is 7.16. The van der Waals surface area contributed by atoms with Gasteiger partial charge in [0.05, 0.1) is 10.8 Å². The number of esters is 1. The summed E-state index contributed by atoms with van der Waals surface area (Å²) >= 11 is 0. The maximum Gasteiger partial charge on any atom is 0.313 e. The van der Waals surface area contributed by atoms with Gasteiger partial charge in [-0.15, -0.1) is 0 Å². The van der Waals surface area contributed by atoms with Crippen LogP contribution in [0.25, 0.3) is 5.76 Å². The Morgan fingerprint density at radius 3 is 2.48 bits per heavy atom. The van der Waals surface area contributed by atoms with E-state index in [9.17, 15) is 18.0 Å². The molecular formula is C16H21NO5S. The Morgan fingerprint density at radius 2 is 1.96 bits per heavy atom. The summed E-state index contributed by atoms with van der Waals surface area (Å²) in [6.45, 7) is 5.51. The van der Waals surface area contributed by atoms with Crippen molar-refractivity contribution in [2.24, 2.45) is 5.92 Å². The van der Waals surface area contributed by atoms with E-state index in [1.807, 2.05) is 0 Å². The van der Waals surface area contributed by atoms with Gasteiger partial charge in [-0.1, -0.05) is 26.0 Å². The van der Waals surface area contributed by atoms with Crippen molar-refractivity contribution in [2.45, 2.75) is 25.7 Å². The van der Waals surface area contributed by atoms with Crippen LogP contribution in [0, 0.1) is 5.92 Å². The van der Waals surface area contributed by atoms with E-state index in [0.29, 0.717) is 12.1 Å². The Labute approximate surface area is 136 Å². The fraction of sp³-hybridized carbons (Fsp3) is 0.375. The second kappa shape index (κ2) is 7.92. The average Bonchev–Trinajstić information content (AvgIpc) is 2.46. The maximum absolute atomic E-state index is 11.8. The first kappa shape index (κ1) is 18.9. The zero-order valence-corrected chi connectivity index (χ0v) is 14.4. The van der Waals surface area contributed by atoms with E-state index in [1.54, 1.807) is 26.8 Å². The Bertz CT molecular complexity index is 720. The van der Waals surface area contributed by atoms with Gasteiger partial charge in [0.15, 0.2) is 9.84 Å². The Morgan fingerprint density at radius 1 is 1.30 bits per heavy atom. The molecule has 0 aromatic heterocycles. The molecule has 0 atom stereocenters. The van der Waals surface area contributed by atoms with E-state index in [1.165, 1.54) is 18.2 Å². The lowest BCUT2D eigenvalue weighted by molar-refractivity contribution is -0.140. The monoisotopic (exact) mass is 339 g/mol. The second-order valence-corrected chi connectivity index (χ2v) is 7.29. The van der Waals surface area contributed by atoms with Gasteiger partial charge in [0.1, 0.15) is 5.76 Å². The predicted molar refractivity (Wildman–Crippen MR) is 87.1 cm³/mol. The third-order valence-electron chi connectivity index (χ3n) is 2.84. The molecule has 0 heterocycles. The van der Waals surface area contributed by atoms with Gasteiger partial charge in [-0.3, -0.25) is 9.59 Å². The van der Waals surface area contributed by atoms with E-state index >= 15 is 0 Å². The molecule has 1 aromatic carbocycles. The number of nitrogens with one attached hydrogen (secondary N) is 1. The summed E-state index contributed by atoms with van der Waals surface area (Å²) in [6, 6.07) is 5.91. The molecule has 0 fully saturated rings. The molecule has 0 bridgehead atoms. The van der Waals surface area contributed by atoms with Crippen LogP contribution in [-0.2, 0) is 24.2 Å². The molecule has 0 aliphatic heterocycles. The highest BCUT2D eigenvalue weighted by atomic mass is 32.2. The SMILES string of the molecule is CCNC(=O)/C=C(\OC(=O)C(C)C)c1cccc(S(C)(=O)=O)c1. The van der Waals surface area contributed by atoms with Crippen molar-refractivity contribution >= 4 is 27.5 Å². The summed E-state index contributed by atoms with van der Waals surface area (Å²) < 4.78 is 28.6. The number of benzene rings is 1. The standard InChI is InChI=1S/C16H21NO5S/c1-5-17-15(18)10-14(22-16(19)11(2)3)12-7-6-8-13(9-12)23(4,20)21/h6-11H,5H2,1-4H3,(H,17,18)/b14-10-. The third-order valence-corrected chi connectivity index (χ3v) is 3.95. The Hall–Kier alpha value is -2.15. The fourth-order valence-corrected chi connectivity index (χ4v) is 2.29. The van der Waals surface area contributed by atoms with Gasteiger partial charge in [-0.2, -0.15) is 0 Å². The molecule has 1 aromatic rings. The summed E-state index contributed by atoms with van der Waals surface area (Å²) in [6.07, 6.45) is 2.23. The van der Waals surface area contributed by atoms with Gasteiger partial charge in [-0.05, 0) is 19.1 Å². The predicted octanol–water partition coefficient (Wildman–Crippen LogP) is 1.77. The number of hydrogen-bond donors (Lipinski definition) is 1. The molecular weight excluding hydrogens is 318 g/mol. The van der Waals surface area contributed by atoms with E-state index in [0.717, 1.165) is 12.3 Å². The summed E-state index contributed by atoms with van der Waals surface area (Å²) in [5.41, 5.74) is 0.341. The molecule has 0 saturated carbocycles. The number of ether oxygens (including phenoxy) is 1. The molecule has 7 heteroatoms. The summed E-state index contributed by atoms with van der Waals surface area (Å²) in [7, 11) is -3.41. The third kappa shape index (κ3) is 5.86. The summed E-state index contributed by atoms with van der Waals surface area (Å²) in [5, 5.41) is 2.57. The lowest BCUT2D eigenvalue weighted by atomic mass is 10.1. The van der Waals surface area contributed by atoms with Crippen LogP contribution in [0.4, 0.5) is 0 Å². The van der Waals surface area contributed by atoms with Crippen LogP contribution in [0.1, 0.15) is 26.3 Å². The minimum absolute atomic E-state index is 0.0140. The molecule has 23 heavy (non-hydrogen) atoms. The highest BCUT2D eigenvalue weighted by Crippen LogP contribution is 2.21. The van der Waals surface area contributed by atoms with Gasteiger partial charge in [0.25, 0.3) is 0 Å². The molecule has 0 aliphatic rings. The number of sulfone groups is 1. The molecule has 0 aliphatic carbocycles. The smallest absolute Gasteiger partial charge is 0.313 e. The fourth-order valence-electron chi connectivity index (χ4n) is 1.62. The van der Waals surface area contributed by atoms with Gasteiger partial charge in [-0.25, -0.2) is 8.42 Å². The molecule has 0 spiro atoms. The average molecular weight is 339 g/mol. The number of carbonyl (C=O) groups is 2. The highest BCUT2D eigenvalue weighted by molar-refractivity contribution is 7.90. The quantitative estimate of drug-likeness (QED) is 0.485. The van der Waals surface area contributed by atoms with Crippen LogP contribution in [0.15, 0.2) is 35.2 Å². The first-order valence-corrected chi connectivity index (χ1v) is 9.06. The number of carbonyl (C=O) groups excluding carboxylic acids is 2. The maximum atomic E-state index is 11.8. The first-order chi connectivity index (χ1) is 10.6. The van der Waals surface area contributed by atoms with Crippen LogP contribution >= 0.6 is 0 Å². The molecule has 0 radical (unpaired) electrons. The largest absolute Gasteiger partial charge is 0.425 e. The van der Waals surface area contributed by atoms with Crippen LogP contribution < -0.4 is 5.32 Å². The van der Waals surface area contributed by atoms with Crippen molar-refractivity contribution in [3.05, 3.63) is 35.9 Å². The van der Waals surface area contributed by atoms with Crippen LogP contribution in [-0.4, -0.2) is 33.1 Å². The van der Waals surface area contributed by atoms with Crippen LogP contribution in [0.5, 0.6) is 0 Å². The molecule has 1 N–H and O–H groups in total. The number of rotatable bonds is 6. The summed E-state index contributed by atoms with van der Waals surface area (Å²) in [4.78, 5) is 23.7. The molecule has 1 amide bonds. The zero-order chi connectivity index (χ0) is 17.6. The van der Waals surface area contributed by atoms with Gasteiger partial charge in [0.2, 0.25) is 5.91 Å². The number of amides is 1. The topological polar surface area (TPSA) is 89.5 Å². The molecule has 1 rings (SSSR count). The van der Waals surface area contributed by atoms with E-state index in [2.05, 4.69) is 5.32 Å². The van der Waals surface area contributed by atoms with E-state index in [-0.39, 0.29) is 16.6 Å². The van der Waals surface area contributed by atoms with Crippen LogP contribution in [0.2, 0.25) is 0 Å². The molecule has 6 nitrogen and oxygen atoms in total. The lowest BCUT2D eigenvalue weighted by Gasteiger charge is -2.12. The van der Waals surface area contributed by atoms with Crippen molar-refractivity contribution in [1.29, 1.82) is 0 Å². The minimum Gasteiger partial charge on any atom is -0.425 e.